The topological polar surface area (TPSA) is 87.9 Å². The Morgan fingerprint density at radius 1 is 1.14 bits per heavy atom. The average Bonchev–Trinajstić information content (AvgIpc) is 2.73. The summed E-state index contributed by atoms with van der Waals surface area (Å²) >= 11 is 1.21. The number of nitrogens with zero attached hydrogens (tertiary/aromatic N) is 3. The molecule has 140 valence electrons. The summed E-state index contributed by atoms with van der Waals surface area (Å²) in [6, 6.07) is 18.9. The molecule has 7 heteroatoms. The van der Waals surface area contributed by atoms with Gasteiger partial charge in [0.15, 0.2) is 5.82 Å². The summed E-state index contributed by atoms with van der Waals surface area (Å²) in [4.78, 5) is 21.3. The van der Waals surface area contributed by atoms with Crippen LogP contribution < -0.4 is 10.1 Å². The van der Waals surface area contributed by atoms with Crippen molar-refractivity contribution in [3.63, 3.8) is 0 Å². The molecule has 2 aromatic carbocycles. The Morgan fingerprint density at radius 3 is 2.57 bits per heavy atom. The van der Waals surface area contributed by atoms with Gasteiger partial charge in [0.2, 0.25) is 5.91 Å². The third-order valence-electron chi connectivity index (χ3n) is 3.92. The van der Waals surface area contributed by atoms with E-state index in [0.29, 0.717) is 33.5 Å². The highest BCUT2D eigenvalue weighted by Gasteiger charge is 2.15. The fraction of sp³-hybridized carbons (Fsp3) is 0.143. The van der Waals surface area contributed by atoms with Crippen LogP contribution in [0.5, 0.6) is 5.75 Å². The Bertz CT molecular complexity index is 1030. The number of amides is 1. The first kappa shape index (κ1) is 19.4. The number of carbonyl (C=O) groups excluding carboxylic acids is 1. The Hall–Kier alpha value is -3.37. The summed E-state index contributed by atoms with van der Waals surface area (Å²) in [6.07, 6.45) is 0. The van der Waals surface area contributed by atoms with E-state index >= 15 is 0 Å². The number of nitrogens with one attached hydrogen (secondary N) is 1. The molecule has 0 aliphatic heterocycles. The standard InChI is InChI=1S/C21H18N4O2S/c1-14-16(12-22)21(25-20(23-14)15-8-4-3-5-9-15)28-13-19(26)24-17-10-6-7-11-18(17)27-2/h3-11H,13H2,1-2H3,(H,24,26). The minimum atomic E-state index is -0.212. The van der Waals surface area contributed by atoms with Crippen molar-refractivity contribution in [1.29, 1.82) is 5.26 Å². The first-order chi connectivity index (χ1) is 13.6. The molecule has 0 bridgehead atoms. The molecule has 0 saturated heterocycles. The van der Waals surface area contributed by atoms with Crippen LogP contribution in [0.25, 0.3) is 11.4 Å². The van der Waals surface area contributed by atoms with Crippen LogP contribution in [0.4, 0.5) is 5.69 Å². The van der Waals surface area contributed by atoms with Crippen LogP contribution in [-0.4, -0.2) is 28.7 Å². The molecule has 28 heavy (non-hydrogen) atoms. The number of anilines is 1. The van der Waals surface area contributed by atoms with Crippen molar-refractivity contribution in [2.45, 2.75) is 11.9 Å². The van der Waals surface area contributed by atoms with Crippen molar-refractivity contribution in [3.05, 3.63) is 65.9 Å². The molecule has 6 nitrogen and oxygen atoms in total. The number of para-hydroxylation sites is 2. The predicted molar refractivity (Wildman–Crippen MR) is 109 cm³/mol. The first-order valence-corrected chi connectivity index (χ1v) is 9.50. The minimum absolute atomic E-state index is 0.109. The lowest BCUT2D eigenvalue weighted by Crippen LogP contribution is -2.15. The monoisotopic (exact) mass is 390 g/mol. The van der Waals surface area contributed by atoms with Crippen LogP contribution in [-0.2, 0) is 4.79 Å². The van der Waals surface area contributed by atoms with Gasteiger partial charge in [-0.25, -0.2) is 9.97 Å². The van der Waals surface area contributed by atoms with Gasteiger partial charge in [0, 0.05) is 5.56 Å². The number of hydrogen-bond donors (Lipinski definition) is 1. The van der Waals surface area contributed by atoms with E-state index in [1.54, 1.807) is 26.2 Å². The van der Waals surface area contributed by atoms with E-state index in [9.17, 15) is 10.1 Å². The van der Waals surface area contributed by atoms with E-state index in [1.165, 1.54) is 11.8 Å². The number of rotatable bonds is 6. The van der Waals surface area contributed by atoms with Crippen molar-refractivity contribution in [2.75, 3.05) is 18.2 Å². The Morgan fingerprint density at radius 2 is 1.86 bits per heavy atom. The van der Waals surface area contributed by atoms with Gasteiger partial charge >= 0.3 is 0 Å². The second-order valence-electron chi connectivity index (χ2n) is 5.83. The van der Waals surface area contributed by atoms with Crippen LogP contribution >= 0.6 is 11.8 Å². The average molecular weight is 390 g/mol. The number of aromatic nitrogens is 2. The largest absolute Gasteiger partial charge is 0.495 e. The molecule has 1 amide bonds. The number of nitriles is 1. The van der Waals surface area contributed by atoms with Crippen LogP contribution in [0, 0.1) is 18.3 Å². The van der Waals surface area contributed by atoms with Crippen molar-refractivity contribution in [2.24, 2.45) is 0 Å². The van der Waals surface area contributed by atoms with E-state index < -0.39 is 0 Å². The third-order valence-corrected chi connectivity index (χ3v) is 4.90. The van der Waals surface area contributed by atoms with Crippen molar-refractivity contribution < 1.29 is 9.53 Å². The van der Waals surface area contributed by atoms with Crippen LogP contribution in [0.15, 0.2) is 59.6 Å². The van der Waals surface area contributed by atoms with Gasteiger partial charge in [0.1, 0.15) is 22.4 Å². The molecule has 1 N–H and O–H groups in total. The molecular weight excluding hydrogens is 372 g/mol. The second kappa shape index (κ2) is 9.02. The molecule has 0 spiro atoms. The SMILES string of the molecule is COc1ccccc1NC(=O)CSc1nc(-c2ccccc2)nc(C)c1C#N. The summed E-state index contributed by atoms with van der Waals surface area (Å²) in [6.45, 7) is 1.77. The Labute approximate surface area is 167 Å². The number of ether oxygens (including phenoxy) is 1. The molecule has 3 aromatic rings. The van der Waals surface area contributed by atoms with E-state index in [1.807, 2.05) is 42.5 Å². The highest BCUT2D eigenvalue weighted by molar-refractivity contribution is 8.00. The molecule has 0 atom stereocenters. The lowest BCUT2D eigenvalue weighted by atomic mass is 10.2. The molecular formula is C21H18N4O2S. The highest BCUT2D eigenvalue weighted by atomic mass is 32.2. The maximum atomic E-state index is 12.4. The van der Waals surface area contributed by atoms with E-state index in [2.05, 4.69) is 21.4 Å². The maximum absolute atomic E-state index is 12.4. The van der Waals surface area contributed by atoms with Crippen LogP contribution in [0.3, 0.4) is 0 Å². The molecule has 1 heterocycles. The number of aryl methyl sites for hydroxylation is 1. The number of thioether (sulfide) groups is 1. The predicted octanol–water partition coefficient (Wildman–Crippen LogP) is 4.06. The van der Waals surface area contributed by atoms with Crippen LogP contribution in [0.1, 0.15) is 11.3 Å². The third kappa shape index (κ3) is 4.48. The van der Waals surface area contributed by atoms with Crippen molar-refractivity contribution in [3.8, 4) is 23.2 Å². The van der Waals surface area contributed by atoms with Gasteiger partial charge in [-0.05, 0) is 19.1 Å². The number of benzene rings is 2. The fourth-order valence-corrected chi connectivity index (χ4v) is 3.39. The number of hydrogen-bond acceptors (Lipinski definition) is 6. The second-order valence-corrected chi connectivity index (χ2v) is 6.79. The van der Waals surface area contributed by atoms with Gasteiger partial charge in [-0.1, -0.05) is 54.2 Å². The van der Waals surface area contributed by atoms with Gasteiger partial charge in [0.25, 0.3) is 0 Å². The van der Waals surface area contributed by atoms with Crippen molar-refractivity contribution in [1.82, 2.24) is 9.97 Å². The lowest BCUT2D eigenvalue weighted by Gasteiger charge is -2.11. The van der Waals surface area contributed by atoms with Gasteiger partial charge < -0.3 is 10.1 Å². The van der Waals surface area contributed by atoms with Gasteiger partial charge in [-0.15, -0.1) is 0 Å². The summed E-state index contributed by atoms with van der Waals surface area (Å²) in [7, 11) is 1.55. The molecule has 0 radical (unpaired) electrons. The molecule has 3 rings (SSSR count). The summed E-state index contributed by atoms with van der Waals surface area (Å²) in [5, 5.41) is 12.8. The molecule has 0 aliphatic carbocycles. The quantitative estimate of drug-likeness (QED) is 0.504. The first-order valence-electron chi connectivity index (χ1n) is 8.52. The fourth-order valence-electron chi connectivity index (χ4n) is 2.56. The highest BCUT2D eigenvalue weighted by Crippen LogP contribution is 2.27. The van der Waals surface area contributed by atoms with E-state index in [0.717, 1.165) is 5.56 Å². The zero-order valence-electron chi connectivity index (χ0n) is 15.5. The Balaban J connectivity index is 1.79. The van der Waals surface area contributed by atoms with Gasteiger partial charge in [-0.3, -0.25) is 4.79 Å². The Kier molecular flexibility index (Phi) is 6.25. The van der Waals surface area contributed by atoms with Crippen molar-refractivity contribution >= 4 is 23.4 Å². The van der Waals surface area contributed by atoms with Crippen LogP contribution in [0.2, 0.25) is 0 Å². The van der Waals surface area contributed by atoms with Gasteiger partial charge in [-0.2, -0.15) is 5.26 Å². The number of carbonyl (C=O) groups is 1. The zero-order chi connectivity index (χ0) is 19.9. The summed E-state index contributed by atoms with van der Waals surface area (Å²) in [5.74, 6) is 1.01. The zero-order valence-corrected chi connectivity index (χ0v) is 16.3. The molecule has 0 unspecified atom stereocenters. The molecule has 0 fully saturated rings. The lowest BCUT2D eigenvalue weighted by molar-refractivity contribution is -0.113. The number of methoxy groups -OCH3 is 1. The molecule has 0 saturated carbocycles. The summed E-state index contributed by atoms with van der Waals surface area (Å²) < 4.78 is 5.24. The van der Waals surface area contributed by atoms with Gasteiger partial charge in [0.05, 0.1) is 24.2 Å². The molecule has 0 aliphatic rings. The maximum Gasteiger partial charge on any atom is 0.234 e. The molecule has 1 aromatic heterocycles. The van der Waals surface area contributed by atoms with E-state index in [-0.39, 0.29) is 11.7 Å². The normalized spacial score (nSPS) is 10.2. The minimum Gasteiger partial charge on any atom is -0.495 e. The summed E-state index contributed by atoms with van der Waals surface area (Å²) in [5.41, 5.74) is 2.43. The smallest absolute Gasteiger partial charge is 0.234 e. The van der Waals surface area contributed by atoms with E-state index in [4.69, 9.17) is 4.74 Å².